The van der Waals surface area contributed by atoms with Gasteiger partial charge in [0.2, 0.25) is 0 Å². The highest BCUT2D eigenvalue weighted by molar-refractivity contribution is 5.82. The molecule has 4 rings (SSSR count). The molecule has 9 heteroatoms. The van der Waals surface area contributed by atoms with Crippen LogP contribution in [0.25, 0.3) is 22.3 Å². The number of halogens is 3. The molecule has 0 unspecified atom stereocenters. The number of amides is 1. The molecule has 6 nitrogen and oxygen atoms in total. The number of fused-ring (bicyclic) bond motifs is 1. The van der Waals surface area contributed by atoms with Crippen molar-refractivity contribution >= 4 is 17.0 Å². The first-order chi connectivity index (χ1) is 14.3. The number of carbonyl (C=O) groups excluding carboxylic acids is 1. The van der Waals surface area contributed by atoms with Crippen LogP contribution in [0.15, 0.2) is 42.9 Å². The lowest BCUT2D eigenvalue weighted by Crippen LogP contribution is -2.36. The number of carbonyl (C=O) groups is 1. The van der Waals surface area contributed by atoms with Gasteiger partial charge in [0.1, 0.15) is 6.33 Å². The van der Waals surface area contributed by atoms with Crippen molar-refractivity contribution in [2.75, 3.05) is 13.2 Å². The number of rotatable bonds is 4. The number of benzene rings is 1. The Bertz CT molecular complexity index is 1130. The maximum Gasteiger partial charge on any atom is 0.471 e. The molecule has 0 bridgehead atoms. The van der Waals surface area contributed by atoms with Crippen LogP contribution in [-0.2, 0) is 16.1 Å². The van der Waals surface area contributed by atoms with E-state index in [4.69, 9.17) is 4.74 Å². The second-order valence-corrected chi connectivity index (χ2v) is 7.04. The number of aromatic nitrogens is 3. The Morgan fingerprint density at radius 2 is 2.10 bits per heavy atom. The maximum absolute atomic E-state index is 12.4. The average molecular weight is 416 g/mol. The number of nitrogens with one attached hydrogen (secondary N) is 1. The van der Waals surface area contributed by atoms with Gasteiger partial charge < -0.3 is 10.1 Å². The van der Waals surface area contributed by atoms with Crippen LogP contribution in [0, 0.1) is 6.92 Å². The summed E-state index contributed by atoms with van der Waals surface area (Å²) in [6.07, 6.45) is 1.41. The van der Waals surface area contributed by atoms with Gasteiger partial charge in [-0.3, -0.25) is 4.79 Å². The summed E-state index contributed by atoms with van der Waals surface area (Å²) < 4.78 is 44.3. The highest BCUT2D eigenvalue weighted by Crippen LogP contribution is 2.29. The first kappa shape index (κ1) is 20.1. The van der Waals surface area contributed by atoms with Gasteiger partial charge in [-0.2, -0.15) is 18.3 Å². The van der Waals surface area contributed by atoms with Gasteiger partial charge in [0.05, 0.1) is 24.4 Å². The molecule has 156 valence electrons. The van der Waals surface area contributed by atoms with Crippen molar-refractivity contribution in [3.63, 3.8) is 0 Å². The van der Waals surface area contributed by atoms with E-state index in [1.165, 1.54) is 11.9 Å². The molecule has 30 heavy (non-hydrogen) atoms. The summed E-state index contributed by atoms with van der Waals surface area (Å²) in [6.45, 7) is 2.86. The zero-order valence-electron chi connectivity index (χ0n) is 16.2. The molecule has 0 spiro atoms. The zero-order chi connectivity index (χ0) is 21.3. The fourth-order valence-electron chi connectivity index (χ4n) is 3.43. The van der Waals surface area contributed by atoms with E-state index in [1.54, 1.807) is 23.6 Å². The SMILES string of the molecule is Cc1cc(-c2ncnn3cc(C4=CCOCC4)cc23)ccc1CNC(=O)C(F)(F)F. The van der Waals surface area contributed by atoms with E-state index < -0.39 is 12.1 Å². The Morgan fingerprint density at radius 3 is 2.80 bits per heavy atom. The molecule has 1 N–H and O–H groups in total. The van der Waals surface area contributed by atoms with Crippen molar-refractivity contribution in [2.24, 2.45) is 0 Å². The molecule has 0 aliphatic carbocycles. The topological polar surface area (TPSA) is 68.5 Å². The van der Waals surface area contributed by atoms with Crippen LogP contribution in [0.3, 0.4) is 0 Å². The molecule has 0 saturated carbocycles. The van der Waals surface area contributed by atoms with E-state index in [-0.39, 0.29) is 6.54 Å². The second kappa shape index (κ2) is 7.91. The standard InChI is InChI=1S/C21H19F3N4O2/c1-13-8-15(2-3-16(13)10-25-20(29)21(22,23)24)19-18-9-17(11-28(18)27-12-26-19)14-4-6-30-7-5-14/h2-4,8-9,11-12H,5-7,10H2,1H3,(H,25,29). The van der Waals surface area contributed by atoms with Crippen LogP contribution in [0.5, 0.6) is 0 Å². The lowest BCUT2D eigenvalue weighted by Gasteiger charge is -2.11. The first-order valence-electron chi connectivity index (χ1n) is 9.38. The van der Waals surface area contributed by atoms with Gasteiger partial charge in [-0.1, -0.05) is 18.2 Å². The molecular weight excluding hydrogens is 397 g/mol. The minimum absolute atomic E-state index is 0.199. The zero-order valence-corrected chi connectivity index (χ0v) is 16.2. The largest absolute Gasteiger partial charge is 0.471 e. The number of nitrogens with zero attached hydrogens (tertiary/aromatic N) is 3. The van der Waals surface area contributed by atoms with E-state index in [1.807, 2.05) is 23.6 Å². The monoisotopic (exact) mass is 416 g/mol. The molecule has 0 radical (unpaired) electrons. The summed E-state index contributed by atoms with van der Waals surface area (Å²) in [5.41, 5.74) is 5.98. The molecule has 1 aromatic carbocycles. The van der Waals surface area contributed by atoms with E-state index in [2.05, 4.69) is 16.2 Å². The van der Waals surface area contributed by atoms with E-state index >= 15 is 0 Å². The third-order valence-corrected chi connectivity index (χ3v) is 5.05. The average Bonchev–Trinajstić information content (AvgIpc) is 3.17. The van der Waals surface area contributed by atoms with Crippen LogP contribution in [0.1, 0.15) is 23.1 Å². The molecule has 3 heterocycles. The Kier molecular flexibility index (Phi) is 5.29. The minimum Gasteiger partial charge on any atom is -0.377 e. The molecular formula is C21H19F3N4O2. The normalized spacial score (nSPS) is 14.6. The number of alkyl halides is 3. The molecule has 1 aliphatic heterocycles. The van der Waals surface area contributed by atoms with Gasteiger partial charge in [-0.15, -0.1) is 0 Å². The van der Waals surface area contributed by atoms with Crippen molar-refractivity contribution in [2.45, 2.75) is 26.1 Å². The molecule has 3 aromatic rings. The molecule has 1 amide bonds. The minimum atomic E-state index is -4.90. The summed E-state index contributed by atoms with van der Waals surface area (Å²) in [6, 6.07) is 7.35. The van der Waals surface area contributed by atoms with Crippen LogP contribution in [-0.4, -0.2) is 39.9 Å². The van der Waals surface area contributed by atoms with Crippen LogP contribution in [0.4, 0.5) is 13.2 Å². The lowest BCUT2D eigenvalue weighted by molar-refractivity contribution is -0.173. The first-order valence-corrected chi connectivity index (χ1v) is 9.38. The van der Waals surface area contributed by atoms with Crippen molar-refractivity contribution in [3.05, 3.63) is 59.6 Å². The van der Waals surface area contributed by atoms with Gasteiger partial charge in [-0.05, 0) is 47.7 Å². The van der Waals surface area contributed by atoms with Crippen molar-refractivity contribution in [3.8, 4) is 11.3 Å². The Morgan fingerprint density at radius 1 is 1.27 bits per heavy atom. The van der Waals surface area contributed by atoms with E-state index in [9.17, 15) is 18.0 Å². The predicted octanol–water partition coefficient (Wildman–Crippen LogP) is 3.69. The molecule has 1 aliphatic rings. The fourth-order valence-corrected chi connectivity index (χ4v) is 3.43. The van der Waals surface area contributed by atoms with Crippen LogP contribution >= 0.6 is 0 Å². The quantitative estimate of drug-likeness (QED) is 0.705. The van der Waals surface area contributed by atoms with Crippen molar-refractivity contribution in [1.82, 2.24) is 19.9 Å². The van der Waals surface area contributed by atoms with Crippen molar-refractivity contribution in [1.29, 1.82) is 0 Å². The van der Waals surface area contributed by atoms with Crippen molar-refractivity contribution < 1.29 is 22.7 Å². The highest BCUT2D eigenvalue weighted by atomic mass is 19.4. The summed E-state index contributed by atoms with van der Waals surface area (Å²) in [5, 5.41) is 6.19. The third kappa shape index (κ3) is 4.06. The van der Waals surface area contributed by atoms with E-state index in [0.717, 1.165) is 34.3 Å². The number of ether oxygens (including phenoxy) is 1. The number of hydrogen-bond donors (Lipinski definition) is 1. The number of hydrogen-bond acceptors (Lipinski definition) is 4. The smallest absolute Gasteiger partial charge is 0.377 e. The van der Waals surface area contributed by atoms with Gasteiger partial charge in [0.15, 0.2) is 0 Å². The van der Waals surface area contributed by atoms with Gasteiger partial charge in [-0.25, -0.2) is 9.50 Å². The second-order valence-electron chi connectivity index (χ2n) is 7.04. The lowest BCUT2D eigenvalue weighted by atomic mass is 10.0. The third-order valence-electron chi connectivity index (χ3n) is 5.05. The predicted molar refractivity (Wildman–Crippen MR) is 104 cm³/mol. The summed E-state index contributed by atoms with van der Waals surface area (Å²) in [4.78, 5) is 15.5. The molecule has 2 aromatic heterocycles. The number of aryl methyl sites for hydroxylation is 1. The Labute approximate surface area is 170 Å². The van der Waals surface area contributed by atoms with Gasteiger partial charge in [0, 0.05) is 18.3 Å². The summed E-state index contributed by atoms with van der Waals surface area (Å²) in [5.74, 6) is -1.95. The Balaban J connectivity index is 1.62. The van der Waals surface area contributed by atoms with Crippen LogP contribution in [0.2, 0.25) is 0 Å². The van der Waals surface area contributed by atoms with Gasteiger partial charge >= 0.3 is 12.1 Å². The van der Waals surface area contributed by atoms with E-state index in [0.29, 0.717) is 18.8 Å². The molecule has 0 saturated heterocycles. The van der Waals surface area contributed by atoms with Gasteiger partial charge in [0.25, 0.3) is 0 Å². The van der Waals surface area contributed by atoms with Crippen LogP contribution < -0.4 is 5.32 Å². The summed E-state index contributed by atoms with van der Waals surface area (Å²) >= 11 is 0. The fraction of sp³-hybridized carbons (Fsp3) is 0.286. The molecule has 0 fully saturated rings. The maximum atomic E-state index is 12.4. The molecule has 0 atom stereocenters. The Hall–Kier alpha value is -3.20. The highest BCUT2D eigenvalue weighted by Gasteiger charge is 2.38. The summed E-state index contributed by atoms with van der Waals surface area (Å²) in [7, 11) is 0.